The van der Waals surface area contributed by atoms with E-state index in [0.717, 1.165) is 6.42 Å². The van der Waals surface area contributed by atoms with Gasteiger partial charge in [0.15, 0.2) is 0 Å². The molecule has 126 valence electrons. The summed E-state index contributed by atoms with van der Waals surface area (Å²) in [6.45, 7) is 8.69. The van der Waals surface area contributed by atoms with Gasteiger partial charge in [0, 0.05) is 38.5 Å². The van der Waals surface area contributed by atoms with Gasteiger partial charge in [0.25, 0.3) is 0 Å². The molecule has 0 aliphatic rings. The molecule has 0 fully saturated rings. The average Bonchev–Trinajstić information content (AvgIpc) is 2.33. The summed E-state index contributed by atoms with van der Waals surface area (Å²) in [4.78, 5) is 25.0. The predicted molar refractivity (Wildman–Crippen MR) is 89.4 cm³/mol. The summed E-state index contributed by atoms with van der Waals surface area (Å²) < 4.78 is 0. The number of nitrogens with one attached hydrogen (secondary N) is 1. The molecule has 0 aromatic carbocycles. The van der Waals surface area contributed by atoms with Gasteiger partial charge in [-0.3, -0.25) is 9.59 Å². The van der Waals surface area contributed by atoms with Gasteiger partial charge in [-0.05, 0) is 32.6 Å². The Labute approximate surface area is 135 Å². The number of hydrogen-bond acceptors (Lipinski definition) is 3. The van der Waals surface area contributed by atoms with Crippen LogP contribution in [0, 0.1) is 5.92 Å². The van der Waals surface area contributed by atoms with Gasteiger partial charge in [-0.25, -0.2) is 0 Å². The summed E-state index contributed by atoms with van der Waals surface area (Å²) >= 11 is 0. The minimum absolute atomic E-state index is 0. The predicted octanol–water partition coefficient (Wildman–Crippen LogP) is 1.93. The standard InChI is InChI=1S/C15H31N3O2.ClH/c1-11(2)13(16)9-10-18(5)15(20)8-6-7-14(19)17-12(3)4;/h11-13H,6-10,16H2,1-5H3,(H,17,19);1H. The zero-order valence-electron chi connectivity index (χ0n) is 14.0. The van der Waals surface area contributed by atoms with E-state index in [1.54, 1.807) is 11.9 Å². The van der Waals surface area contributed by atoms with Crippen molar-refractivity contribution in [2.24, 2.45) is 11.7 Å². The molecule has 0 aromatic rings. The maximum atomic E-state index is 11.9. The SMILES string of the molecule is CC(C)NC(=O)CCCC(=O)N(C)CCC(N)C(C)C.Cl. The highest BCUT2D eigenvalue weighted by Crippen LogP contribution is 2.05. The lowest BCUT2D eigenvalue weighted by atomic mass is 10.0. The lowest BCUT2D eigenvalue weighted by Crippen LogP contribution is -2.34. The summed E-state index contributed by atoms with van der Waals surface area (Å²) in [6.07, 6.45) is 2.23. The van der Waals surface area contributed by atoms with Crippen molar-refractivity contribution in [2.45, 2.75) is 65.5 Å². The monoisotopic (exact) mass is 321 g/mol. The molecule has 21 heavy (non-hydrogen) atoms. The fourth-order valence-corrected chi connectivity index (χ4v) is 1.79. The number of carbonyl (C=O) groups is 2. The third-order valence-electron chi connectivity index (χ3n) is 3.32. The molecule has 0 aliphatic heterocycles. The Morgan fingerprint density at radius 2 is 1.71 bits per heavy atom. The molecule has 0 spiro atoms. The number of hydrogen-bond donors (Lipinski definition) is 2. The van der Waals surface area contributed by atoms with Crippen LogP contribution >= 0.6 is 12.4 Å². The zero-order chi connectivity index (χ0) is 15.7. The van der Waals surface area contributed by atoms with Crippen molar-refractivity contribution in [1.29, 1.82) is 0 Å². The van der Waals surface area contributed by atoms with Crippen molar-refractivity contribution in [3.05, 3.63) is 0 Å². The average molecular weight is 322 g/mol. The molecule has 6 heteroatoms. The first-order valence-corrected chi connectivity index (χ1v) is 7.53. The third kappa shape index (κ3) is 11.5. The van der Waals surface area contributed by atoms with Crippen LogP contribution < -0.4 is 11.1 Å². The van der Waals surface area contributed by atoms with Crippen molar-refractivity contribution >= 4 is 24.2 Å². The highest BCUT2D eigenvalue weighted by Gasteiger charge is 2.13. The van der Waals surface area contributed by atoms with Gasteiger partial charge in [0.1, 0.15) is 0 Å². The second kappa shape index (κ2) is 11.8. The maximum absolute atomic E-state index is 11.9. The maximum Gasteiger partial charge on any atom is 0.222 e. The largest absolute Gasteiger partial charge is 0.354 e. The smallest absolute Gasteiger partial charge is 0.222 e. The summed E-state index contributed by atoms with van der Waals surface area (Å²) in [5.41, 5.74) is 5.96. The van der Waals surface area contributed by atoms with E-state index in [-0.39, 0.29) is 36.3 Å². The number of rotatable bonds is 9. The van der Waals surface area contributed by atoms with Crippen LogP contribution in [0.15, 0.2) is 0 Å². The molecule has 0 bridgehead atoms. The molecular formula is C15H32ClN3O2. The number of nitrogens with zero attached hydrogens (tertiary/aromatic N) is 1. The van der Waals surface area contributed by atoms with E-state index >= 15 is 0 Å². The van der Waals surface area contributed by atoms with Gasteiger partial charge in [0.2, 0.25) is 11.8 Å². The molecule has 0 aromatic heterocycles. The van der Waals surface area contributed by atoms with Crippen LogP contribution in [0.4, 0.5) is 0 Å². The summed E-state index contributed by atoms with van der Waals surface area (Å²) in [5, 5.41) is 2.82. The Hall–Kier alpha value is -0.810. The topological polar surface area (TPSA) is 75.4 Å². The van der Waals surface area contributed by atoms with Crippen molar-refractivity contribution < 1.29 is 9.59 Å². The van der Waals surface area contributed by atoms with E-state index in [1.807, 2.05) is 13.8 Å². The van der Waals surface area contributed by atoms with Crippen molar-refractivity contribution in [3.8, 4) is 0 Å². The Kier molecular flexibility index (Phi) is 12.6. The first kappa shape index (κ1) is 22.5. The number of amides is 2. The highest BCUT2D eigenvalue weighted by molar-refractivity contribution is 5.85. The van der Waals surface area contributed by atoms with Gasteiger partial charge in [-0.2, -0.15) is 0 Å². The molecule has 0 saturated carbocycles. The van der Waals surface area contributed by atoms with Crippen LogP contribution in [0.25, 0.3) is 0 Å². The van der Waals surface area contributed by atoms with Gasteiger partial charge in [-0.15, -0.1) is 12.4 Å². The minimum Gasteiger partial charge on any atom is -0.354 e. The fourth-order valence-electron chi connectivity index (χ4n) is 1.79. The fraction of sp³-hybridized carbons (Fsp3) is 0.867. The normalized spacial score (nSPS) is 12.0. The number of nitrogens with two attached hydrogens (primary N) is 1. The molecule has 2 amide bonds. The summed E-state index contributed by atoms with van der Waals surface area (Å²) in [6, 6.07) is 0.278. The molecule has 5 nitrogen and oxygen atoms in total. The molecule has 3 N–H and O–H groups in total. The quantitative estimate of drug-likeness (QED) is 0.681. The van der Waals surface area contributed by atoms with E-state index in [9.17, 15) is 9.59 Å². The van der Waals surface area contributed by atoms with Crippen molar-refractivity contribution in [3.63, 3.8) is 0 Å². The van der Waals surface area contributed by atoms with Gasteiger partial charge in [-0.1, -0.05) is 13.8 Å². The molecule has 1 atom stereocenters. The third-order valence-corrected chi connectivity index (χ3v) is 3.32. The van der Waals surface area contributed by atoms with E-state index < -0.39 is 0 Å². The van der Waals surface area contributed by atoms with E-state index in [1.165, 1.54) is 0 Å². The number of carbonyl (C=O) groups excluding carboxylic acids is 2. The van der Waals surface area contributed by atoms with E-state index in [2.05, 4.69) is 19.2 Å². The first-order valence-electron chi connectivity index (χ1n) is 7.53. The van der Waals surface area contributed by atoms with Gasteiger partial charge >= 0.3 is 0 Å². The van der Waals surface area contributed by atoms with E-state index in [0.29, 0.717) is 31.7 Å². The molecule has 0 radical (unpaired) electrons. The molecule has 0 aliphatic carbocycles. The molecular weight excluding hydrogens is 290 g/mol. The van der Waals surface area contributed by atoms with Crippen LogP contribution in [0.2, 0.25) is 0 Å². The second-order valence-corrected chi connectivity index (χ2v) is 6.09. The molecule has 0 heterocycles. The summed E-state index contributed by atoms with van der Waals surface area (Å²) in [5.74, 6) is 0.522. The van der Waals surface area contributed by atoms with Crippen LogP contribution in [0.1, 0.15) is 53.4 Å². The molecule has 0 rings (SSSR count). The van der Waals surface area contributed by atoms with Crippen molar-refractivity contribution in [1.82, 2.24) is 10.2 Å². The lowest BCUT2D eigenvalue weighted by molar-refractivity contribution is -0.130. The Morgan fingerprint density at radius 3 is 2.19 bits per heavy atom. The number of halogens is 1. The lowest BCUT2D eigenvalue weighted by Gasteiger charge is -2.21. The molecule has 1 unspecified atom stereocenters. The first-order chi connectivity index (χ1) is 9.23. The second-order valence-electron chi connectivity index (χ2n) is 6.09. The van der Waals surface area contributed by atoms with Crippen LogP contribution in [-0.2, 0) is 9.59 Å². The molecule has 0 saturated heterocycles. The van der Waals surface area contributed by atoms with Crippen LogP contribution in [0.3, 0.4) is 0 Å². The van der Waals surface area contributed by atoms with Gasteiger partial charge in [0.05, 0.1) is 0 Å². The van der Waals surface area contributed by atoms with E-state index in [4.69, 9.17) is 5.73 Å². The minimum atomic E-state index is 0. The Morgan fingerprint density at radius 1 is 1.14 bits per heavy atom. The van der Waals surface area contributed by atoms with Crippen LogP contribution in [0.5, 0.6) is 0 Å². The van der Waals surface area contributed by atoms with Crippen molar-refractivity contribution in [2.75, 3.05) is 13.6 Å². The van der Waals surface area contributed by atoms with Crippen LogP contribution in [-0.4, -0.2) is 42.4 Å². The zero-order valence-corrected chi connectivity index (χ0v) is 14.8. The van der Waals surface area contributed by atoms with Gasteiger partial charge < -0.3 is 16.0 Å². The summed E-state index contributed by atoms with van der Waals surface area (Å²) in [7, 11) is 1.80. The Bertz CT molecular complexity index is 309. The Balaban J connectivity index is 0. The highest BCUT2D eigenvalue weighted by atomic mass is 35.5.